The maximum Gasteiger partial charge on any atom is 0.339 e. The number of halogens is 1. The summed E-state index contributed by atoms with van der Waals surface area (Å²) in [6.45, 7) is 0.736. The van der Waals surface area contributed by atoms with E-state index in [0.717, 1.165) is 19.3 Å². The van der Waals surface area contributed by atoms with Gasteiger partial charge in [0.2, 0.25) is 5.91 Å². The molecule has 7 heteroatoms. The van der Waals surface area contributed by atoms with Crippen LogP contribution in [0, 0.1) is 0 Å². The Bertz CT molecular complexity index is 480. The van der Waals surface area contributed by atoms with Crippen LogP contribution in [-0.2, 0) is 11.3 Å². The molecule has 0 aromatic heterocycles. The lowest BCUT2D eigenvalue weighted by molar-refractivity contribution is -0.121. The molecule has 5 N–H and O–H groups in total. The summed E-state index contributed by atoms with van der Waals surface area (Å²) in [6, 6.07) is 4.43. The van der Waals surface area contributed by atoms with Crippen LogP contribution in [0.3, 0.4) is 0 Å². The van der Waals surface area contributed by atoms with Gasteiger partial charge in [-0.2, -0.15) is 0 Å². The first-order chi connectivity index (χ1) is 9.56. The van der Waals surface area contributed by atoms with Gasteiger partial charge in [-0.25, -0.2) is 4.79 Å². The van der Waals surface area contributed by atoms with E-state index in [1.807, 2.05) is 0 Å². The van der Waals surface area contributed by atoms with E-state index in [-0.39, 0.29) is 36.2 Å². The van der Waals surface area contributed by atoms with Crippen molar-refractivity contribution in [3.8, 4) is 5.75 Å². The minimum absolute atomic E-state index is 0. The quantitative estimate of drug-likeness (QED) is 0.545. The van der Waals surface area contributed by atoms with Crippen LogP contribution in [0.15, 0.2) is 18.2 Å². The minimum Gasteiger partial charge on any atom is -0.507 e. The normalized spacial score (nSPS) is 9.76. The molecule has 0 heterocycles. The third-order valence-corrected chi connectivity index (χ3v) is 2.93. The summed E-state index contributed by atoms with van der Waals surface area (Å²) in [5, 5.41) is 21.3. The van der Waals surface area contributed by atoms with Gasteiger partial charge in [-0.05, 0) is 25.5 Å². The number of carbonyl (C=O) groups excluding carboxylic acids is 1. The van der Waals surface area contributed by atoms with Crippen LogP contribution in [0.25, 0.3) is 0 Å². The SMILES string of the molecule is Cl.NCCCCCC(=O)NCc1cccc(C(=O)O)c1O. The Labute approximate surface area is 129 Å². The molecule has 118 valence electrons. The molecule has 1 amide bonds. The molecule has 0 aliphatic carbocycles. The van der Waals surface area contributed by atoms with Gasteiger partial charge < -0.3 is 21.3 Å². The number of carboxylic acid groups (broad SMARTS) is 1. The van der Waals surface area contributed by atoms with Crippen LogP contribution in [-0.4, -0.2) is 28.6 Å². The first-order valence-corrected chi connectivity index (χ1v) is 6.57. The van der Waals surface area contributed by atoms with Gasteiger partial charge in [0.25, 0.3) is 0 Å². The molecule has 0 fully saturated rings. The van der Waals surface area contributed by atoms with E-state index in [0.29, 0.717) is 18.5 Å². The van der Waals surface area contributed by atoms with Crippen molar-refractivity contribution in [2.45, 2.75) is 32.2 Å². The highest BCUT2D eigenvalue weighted by atomic mass is 35.5. The zero-order valence-electron chi connectivity index (χ0n) is 11.7. The second-order valence-electron chi connectivity index (χ2n) is 4.49. The molecule has 6 nitrogen and oxygen atoms in total. The summed E-state index contributed by atoms with van der Waals surface area (Å²) in [6.07, 6.45) is 2.97. The number of phenols is 1. The lowest BCUT2D eigenvalue weighted by Gasteiger charge is -2.08. The third-order valence-electron chi connectivity index (χ3n) is 2.93. The number of rotatable bonds is 8. The Morgan fingerprint density at radius 1 is 1.19 bits per heavy atom. The zero-order valence-corrected chi connectivity index (χ0v) is 12.5. The van der Waals surface area contributed by atoms with E-state index in [1.54, 1.807) is 6.07 Å². The number of carboxylic acids is 1. The maximum absolute atomic E-state index is 11.6. The van der Waals surface area contributed by atoms with E-state index in [4.69, 9.17) is 10.8 Å². The molecular formula is C14H21ClN2O4. The number of hydrogen-bond donors (Lipinski definition) is 4. The number of carbonyl (C=O) groups is 2. The molecule has 0 atom stereocenters. The van der Waals surface area contributed by atoms with Crippen molar-refractivity contribution < 1.29 is 19.8 Å². The number of aromatic carboxylic acids is 1. The number of nitrogens with one attached hydrogen (secondary N) is 1. The van der Waals surface area contributed by atoms with Crippen molar-refractivity contribution in [1.29, 1.82) is 0 Å². The van der Waals surface area contributed by atoms with Gasteiger partial charge in [-0.1, -0.05) is 18.6 Å². The van der Waals surface area contributed by atoms with Gasteiger partial charge in [0, 0.05) is 18.5 Å². The number of hydrogen-bond acceptors (Lipinski definition) is 4. The predicted octanol–water partition coefficient (Wildman–Crippen LogP) is 1.65. The average Bonchev–Trinajstić information content (AvgIpc) is 2.42. The predicted molar refractivity (Wildman–Crippen MR) is 81.7 cm³/mol. The summed E-state index contributed by atoms with van der Waals surface area (Å²) >= 11 is 0. The van der Waals surface area contributed by atoms with Crippen molar-refractivity contribution in [2.24, 2.45) is 5.73 Å². The largest absolute Gasteiger partial charge is 0.507 e. The van der Waals surface area contributed by atoms with Gasteiger partial charge in [0.15, 0.2) is 0 Å². The standard InChI is InChI=1S/C14H20N2O4.ClH/c15-8-3-1-2-7-12(17)16-9-10-5-4-6-11(13(10)18)14(19)20;/h4-6,18H,1-3,7-9,15H2,(H,16,17)(H,19,20);1H. The number of para-hydroxylation sites is 1. The van der Waals surface area contributed by atoms with Crippen molar-refractivity contribution in [3.05, 3.63) is 29.3 Å². The highest BCUT2D eigenvalue weighted by Crippen LogP contribution is 2.22. The summed E-state index contributed by atoms with van der Waals surface area (Å²) in [5.41, 5.74) is 5.58. The van der Waals surface area contributed by atoms with Gasteiger partial charge in [-0.15, -0.1) is 12.4 Å². The van der Waals surface area contributed by atoms with Crippen molar-refractivity contribution >= 4 is 24.3 Å². The summed E-state index contributed by atoms with van der Waals surface area (Å²) in [5.74, 6) is -1.62. The van der Waals surface area contributed by atoms with Crippen molar-refractivity contribution in [1.82, 2.24) is 5.32 Å². The molecule has 0 unspecified atom stereocenters. The minimum atomic E-state index is -1.20. The van der Waals surface area contributed by atoms with E-state index in [1.165, 1.54) is 12.1 Å². The van der Waals surface area contributed by atoms with Gasteiger partial charge in [0.05, 0.1) is 0 Å². The van der Waals surface area contributed by atoms with Crippen molar-refractivity contribution in [3.63, 3.8) is 0 Å². The van der Waals surface area contributed by atoms with E-state index in [2.05, 4.69) is 5.32 Å². The second-order valence-corrected chi connectivity index (χ2v) is 4.49. The smallest absolute Gasteiger partial charge is 0.339 e. The molecule has 0 aliphatic rings. The van der Waals surface area contributed by atoms with Crippen LogP contribution in [0.2, 0.25) is 0 Å². The molecule has 0 radical (unpaired) electrons. The van der Waals surface area contributed by atoms with E-state index in [9.17, 15) is 14.7 Å². The summed E-state index contributed by atoms with van der Waals surface area (Å²) < 4.78 is 0. The number of nitrogens with two attached hydrogens (primary N) is 1. The zero-order chi connectivity index (χ0) is 15.0. The molecule has 0 saturated heterocycles. The van der Waals surface area contributed by atoms with E-state index >= 15 is 0 Å². The topological polar surface area (TPSA) is 113 Å². The Morgan fingerprint density at radius 2 is 1.90 bits per heavy atom. The van der Waals surface area contributed by atoms with Crippen LogP contribution in [0.4, 0.5) is 0 Å². The highest BCUT2D eigenvalue weighted by molar-refractivity contribution is 5.91. The first-order valence-electron chi connectivity index (χ1n) is 6.57. The van der Waals surface area contributed by atoms with E-state index < -0.39 is 5.97 Å². The Hall–Kier alpha value is -1.79. The van der Waals surface area contributed by atoms with Crippen LogP contribution in [0.5, 0.6) is 5.75 Å². The second kappa shape index (κ2) is 10.0. The van der Waals surface area contributed by atoms with Crippen LogP contribution >= 0.6 is 12.4 Å². The Balaban J connectivity index is 0.00000400. The fourth-order valence-corrected chi connectivity index (χ4v) is 1.80. The fourth-order valence-electron chi connectivity index (χ4n) is 1.80. The monoisotopic (exact) mass is 316 g/mol. The van der Waals surface area contributed by atoms with Gasteiger partial charge in [-0.3, -0.25) is 4.79 Å². The summed E-state index contributed by atoms with van der Waals surface area (Å²) in [7, 11) is 0. The number of unbranched alkanes of at least 4 members (excludes halogenated alkanes) is 2. The fraction of sp³-hybridized carbons (Fsp3) is 0.429. The Kier molecular flexibility index (Phi) is 9.16. The number of aromatic hydroxyl groups is 1. The average molecular weight is 317 g/mol. The number of amides is 1. The van der Waals surface area contributed by atoms with Crippen molar-refractivity contribution in [2.75, 3.05) is 6.54 Å². The molecule has 0 spiro atoms. The van der Waals surface area contributed by atoms with Crippen LogP contribution in [0.1, 0.15) is 41.6 Å². The molecule has 1 aromatic rings. The van der Waals surface area contributed by atoms with Gasteiger partial charge >= 0.3 is 5.97 Å². The molecule has 0 aliphatic heterocycles. The Morgan fingerprint density at radius 3 is 2.52 bits per heavy atom. The molecule has 0 saturated carbocycles. The molecule has 0 bridgehead atoms. The maximum atomic E-state index is 11.6. The molecule has 1 rings (SSSR count). The van der Waals surface area contributed by atoms with Crippen LogP contribution < -0.4 is 11.1 Å². The first kappa shape index (κ1) is 19.2. The third kappa shape index (κ3) is 6.46. The summed E-state index contributed by atoms with van der Waals surface area (Å²) in [4.78, 5) is 22.4. The lowest BCUT2D eigenvalue weighted by Crippen LogP contribution is -2.22. The molecular weight excluding hydrogens is 296 g/mol. The molecule has 21 heavy (non-hydrogen) atoms. The number of benzene rings is 1. The van der Waals surface area contributed by atoms with Gasteiger partial charge in [0.1, 0.15) is 11.3 Å². The lowest BCUT2D eigenvalue weighted by atomic mass is 10.1. The molecule has 1 aromatic carbocycles. The highest BCUT2D eigenvalue weighted by Gasteiger charge is 2.13.